The summed E-state index contributed by atoms with van der Waals surface area (Å²) in [6.07, 6.45) is 3.20. The molecular weight excluding hydrogens is 316 g/mol. The van der Waals surface area contributed by atoms with Gasteiger partial charge in [0.15, 0.2) is 5.75 Å². The maximum Gasteiger partial charge on any atom is 0.387 e. The van der Waals surface area contributed by atoms with Gasteiger partial charge in [-0.15, -0.1) is 0 Å². The Kier molecular flexibility index (Phi) is 5.48. The number of carbonyl (C=O) groups excluding carboxylic acids is 1. The standard InChI is InChI=1S/C14H12ClF2N3O2/c15-10-1-2-11(12(7-10)22-13(16)17)20-14(21)19-8-9-3-5-18-6-4-9/h1-7,13H,8H2,(H2,19,20,21). The van der Waals surface area contributed by atoms with Crippen LogP contribution >= 0.6 is 11.6 Å². The molecule has 2 rings (SSSR count). The van der Waals surface area contributed by atoms with E-state index in [-0.39, 0.29) is 23.0 Å². The molecule has 0 radical (unpaired) electrons. The summed E-state index contributed by atoms with van der Waals surface area (Å²) in [7, 11) is 0. The summed E-state index contributed by atoms with van der Waals surface area (Å²) in [5.41, 5.74) is 0.947. The van der Waals surface area contributed by atoms with Gasteiger partial charge in [0.25, 0.3) is 0 Å². The predicted molar refractivity (Wildman–Crippen MR) is 78.2 cm³/mol. The molecule has 22 heavy (non-hydrogen) atoms. The van der Waals surface area contributed by atoms with Crippen molar-refractivity contribution in [2.24, 2.45) is 0 Å². The van der Waals surface area contributed by atoms with E-state index in [1.165, 1.54) is 18.2 Å². The van der Waals surface area contributed by atoms with Crippen LogP contribution < -0.4 is 15.4 Å². The van der Waals surface area contributed by atoms with Crippen molar-refractivity contribution < 1.29 is 18.3 Å². The van der Waals surface area contributed by atoms with Crippen LogP contribution in [0.1, 0.15) is 5.56 Å². The van der Waals surface area contributed by atoms with E-state index in [4.69, 9.17) is 11.6 Å². The summed E-state index contributed by atoms with van der Waals surface area (Å²) < 4.78 is 29.0. The molecule has 5 nitrogen and oxygen atoms in total. The Hall–Kier alpha value is -2.41. The molecule has 1 heterocycles. The maximum absolute atomic E-state index is 12.3. The van der Waals surface area contributed by atoms with Gasteiger partial charge in [0.05, 0.1) is 5.69 Å². The van der Waals surface area contributed by atoms with Gasteiger partial charge < -0.3 is 15.4 Å². The molecule has 1 aromatic heterocycles. The minimum atomic E-state index is -3.01. The summed E-state index contributed by atoms with van der Waals surface area (Å²) in [6.45, 7) is -2.74. The molecule has 0 aliphatic rings. The van der Waals surface area contributed by atoms with Crippen molar-refractivity contribution >= 4 is 23.3 Å². The molecule has 116 valence electrons. The Morgan fingerprint density at radius 3 is 2.68 bits per heavy atom. The zero-order chi connectivity index (χ0) is 15.9. The maximum atomic E-state index is 12.3. The topological polar surface area (TPSA) is 63.2 Å². The van der Waals surface area contributed by atoms with Crippen molar-refractivity contribution in [1.82, 2.24) is 10.3 Å². The molecule has 0 unspecified atom stereocenters. The molecule has 8 heteroatoms. The van der Waals surface area contributed by atoms with Gasteiger partial charge in [-0.3, -0.25) is 4.98 Å². The minimum Gasteiger partial charge on any atom is -0.433 e. The fraction of sp³-hybridized carbons (Fsp3) is 0.143. The summed E-state index contributed by atoms with van der Waals surface area (Å²) in [5.74, 6) is -0.207. The van der Waals surface area contributed by atoms with Crippen molar-refractivity contribution in [3.05, 3.63) is 53.3 Å². The third-order valence-corrected chi connectivity index (χ3v) is 2.85. The van der Waals surface area contributed by atoms with E-state index in [1.807, 2.05) is 0 Å². The second-order valence-electron chi connectivity index (χ2n) is 4.18. The number of nitrogens with one attached hydrogen (secondary N) is 2. The molecule has 2 N–H and O–H groups in total. The minimum absolute atomic E-state index is 0.0944. The number of hydrogen-bond acceptors (Lipinski definition) is 3. The summed E-state index contributed by atoms with van der Waals surface area (Å²) in [4.78, 5) is 15.7. The van der Waals surface area contributed by atoms with Crippen molar-refractivity contribution in [1.29, 1.82) is 0 Å². The number of urea groups is 1. The van der Waals surface area contributed by atoms with Crippen LogP contribution in [-0.4, -0.2) is 17.6 Å². The number of rotatable bonds is 5. The highest BCUT2D eigenvalue weighted by molar-refractivity contribution is 6.30. The molecule has 0 aliphatic carbocycles. The second-order valence-corrected chi connectivity index (χ2v) is 4.62. The zero-order valence-electron chi connectivity index (χ0n) is 11.2. The molecule has 0 aliphatic heterocycles. The van der Waals surface area contributed by atoms with E-state index in [0.717, 1.165) is 5.56 Å². The van der Waals surface area contributed by atoms with Crippen LogP contribution in [0.2, 0.25) is 5.02 Å². The predicted octanol–water partition coefficient (Wildman–Crippen LogP) is 3.66. The Balaban J connectivity index is 1.99. The lowest BCUT2D eigenvalue weighted by atomic mass is 10.3. The van der Waals surface area contributed by atoms with E-state index in [0.29, 0.717) is 0 Å². The first kappa shape index (κ1) is 16.0. The van der Waals surface area contributed by atoms with Crippen molar-refractivity contribution in [3.8, 4) is 5.75 Å². The zero-order valence-corrected chi connectivity index (χ0v) is 12.0. The largest absolute Gasteiger partial charge is 0.433 e. The van der Waals surface area contributed by atoms with Gasteiger partial charge in [0, 0.05) is 30.0 Å². The molecule has 2 amide bonds. The smallest absolute Gasteiger partial charge is 0.387 e. The average Bonchev–Trinajstić information content (AvgIpc) is 2.48. The van der Waals surface area contributed by atoms with E-state index in [1.54, 1.807) is 24.5 Å². The van der Waals surface area contributed by atoms with E-state index >= 15 is 0 Å². The van der Waals surface area contributed by atoms with E-state index in [2.05, 4.69) is 20.4 Å². The average molecular weight is 328 g/mol. The van der Waals surface area contributed by atoms with Gasteiger partial charge in [0.1, 0.15) is 0 Å². The molecule has 0 fully saturated rings. The van der Waals surface area contributed by atoms with Crippen molar-refractivity contribution in [3.63, 3.8) is 0 Å². The summed E-state index contributed by atoms with van der Waals surface area (Å²) in [5, 5.41) is 5.24. The fourth-order valence-corrected chi connectivity index (χ4v) is 1.80. The monoisotopic (exact) mass is 327 g/mol. The van der Waals surface area contributed by atoms with Gasteiger partial charge in [-0.25, -0.2) is 4.79 Å². The number of alkyl halides is 2. The third kappa shape index (κ3) is 4.85. The molecule has 2 aromatic rings. The number of pyridine rings is 1. The lowest BCUT2D eigenvalue weighted by Gasteiger charge is -2.13. The number of ether oxygens (including phenoxy) is 1. The van der Waals surface area contributed by atoms with Crippen molar-refractivity contribution in [2.75, 3.05) is 5.32 Å². The number of anilines is 1. The Morgan fingerprint density at radius 2 is 2.00 bits per heavy atom. The first-order valence-electron chi connectivity index (χ1n) is 6.22. The van der Waals surface area contributed by atoms with Crippen LogP contribution in [0.25, 0.3) is 0 Å². The molecule has 1 aromatic carbocycles. The Bertz CT molecular complexity index is 641. The van der Waals surface area contributed by atoms with Crippen LogP contribution in [0.5, 0.6) is 5.75 Å². The molecule has 0 saturated carbocycles. The molecular formula is C14H12ClF2N3O2. The first-order valence-corrected chi connectivity index (χ1v) is 6.60. The Labute approximate surface area is 130 Å². The fourth-order valence-electron chi connectivity index (χ4n) is 1.64. The lowest BCUT2D eigenvalue weighted by Crippen LogP contribution is -2.28. The second kappa shape index (κ2) is 7.56. The number of aromatic nitrogens is 1. The van der Waals surface area contributed by atoms with Crippen LogP contribution in [0.4, 0.5) is 19.3 Å². The van der Waals surface area contributed by atoms with Gasteiger partial charge in [-0.1, -0.05) is 11.6 Å². The first-order chi connectivity index (χ1) is 10.5. The Morgan fingerprint density at radius 1 is 1.27 bits per heavy atom. The number of hydrogen-bond donors (Lipinski definition) is 2. The van der Waals surface area contributed by atoms with E-state index < -0.39 is 12.6 Å². The number of benzene rings is 1. The quantitative estimate of drug-likeness (QED) is 0.881. The highest BCUT2D eigenvalue weighted by atomic mass is 35.5. The van der Waals surface area contributed by atoms with Crippen molar-refractivity contribution in [2.45, 2.75) is 13.2 Å². The van der Waals surface area contributed by atoms with Crippen LogP contribution in [0.3, 0.4) is 0 Å². The SMILES string of the molecule is O=C(NCc1ccncc1)Nc1ccc(Cl)cc1OC(F)F. The molecule has 0 bridgehead atoms. The number of halogens is 3. The van der Waals surface area contributed by atoms with Gasteiger partial charge in [0.2, 0.25) is 0 Å². The normalized spacial score (nSPS) is 10.4. The molecule has 0 atom stereocenters. The number of carbonyl (C=O) groups is 1. The van der Waals surface area contributed by atoms with Crippen LogP contribution in [0.15, 0.2) is 42.7 Å². The highest BCUT2D eigenvalue weighted by Crippen LogP contribution is 2.29. The highest BCUT2D eigenvalue weighted by Gasteiger charge is 2.12. The number of nitrogens with zero attached hydrogens (tertiary/aromatic N) is 1. The van der Waals surface area contributed by atoms with Crippen LogP contribution in [-0.2, 0) is 6.54 Å². The third-order valence-electron chi connectivity index (χ3n) is 2.61. The van der Waals surface area contributed by atoms with Gasteiger partial charge >= 0.3 is 12.6 Å². The van der Waals surface area contributed by atoms with E-state index in [9.17, 15) is 13.6 Å². The number of amides is 2. The summed E-state index contributed by atoms with van der Waals surface area (Å²) in [6, 6.07) is 6.97. The van der Waals surface area contributed by atoms with Gasteiger partial charge in [-0.2, -0.15) is 8.78 Å². The molecule has 0 saturated heterocycles. The van der Waals surface area contributed by atoms with Crippen LogP contribution in [0, 0.1) is 0 Å². The summed E-state index contributed by atoms with van der Waals surface area (Å²) >= 11 is 5.72. The molecule has 0 spiro atoms. The van der Waals surface area contributed by atoms with Gasteiger partial charge in [-0.05, 0) is 29.8 Å². The lowest BCUT2D eigenvalue weighted by molar-refractivity contribution is -0.0493.